The first-order valence-electron chi connectivity index (χ1n) is 6.26. The molecule has 1 aromatic carbocycles. The summed E-state index contributed by atoms with van der Waals surface area (Å²) in [5.74, 6) is 1.83. The maximum atomic E-state index is 5.88. The highest BCUT2D eigenvalue weighted by atomic mass is 35.5. The number of likely N-dealkylation sites (N-methyl/N-ethyl adjacent to an activating group) is 1. The minimum atomic E-state index is 0. The third-order valence-electron chi connectivity index (χ3n) is 2.63. The summed E-state index contributed by atoms with van der Waals surface area (Å²) in [4.78, 5) is 6.18. The monoisotopic (exact) mass is 332 g/mol. The molecule has 8 heteroatoms. The number of nitrogens with two attached hydrogens (primary N) is 1. The lowest BCUT2D eigenvalue weighted by Crippen LogP contribution is -2.24. The number of nitrogens with zero attached hydrogens (tertiary/aromatic N) is 3. The molecule has 1 aromatic heterocycles. The first kappa shape index (κ1) is 17.7. The Morgan fingerprint density at radius 2 is 2.24 bits per heavy atom. The van der Waals surface area contributed by atoms with Gasteiger partial charge < -0.3 is 15.0 Å². The molecule has 0 aliphatic rings. The van der Waals surface area contributed by atoms with Crippen molar-refractivity contribution in [3.05, 3.63) is 41.0 Å². The summed E-state index contributed by atoms with van der Waals surface area (Å²) >= 11 is 5.88. The van der Waals surface area contributed by atoms with Crippen molar-refractivity contribution >= 4 is 24.0 Å². The van der Waals surface area contributed by atoms with E-state index in [0.717, 1.165) is 12.3 Å². The summed E-state index contributed by atoms with van der Waals surface area (Å²) in [6.07, 6.45) is 0. The molecule has 21 heavy (non-hydrogen) atoms. The third-order valence-corrected chi connectivity index (χ3v) is 2.87. The number of halogens is 2. The average Bonchev–Trinajstić information content (AvgIpc) is 2.86. The summed E-state index contributed by atoms with van der Waals surface area (Å²) in [5.41, 5.74) is 5.41. The van der Waals surface area contributed by atoms with E-state index in [1.807, 2.05) is 30.1 Å². The average molecular weight is 333 g/mol. The van der Waals surface area contributed by atoms with Crippen LogP contribution in [-0.2, 0) is 13.1 Å². The Morgan fingerprint density at radius 3 is 2.90 bits per heavy atom. The van der Waals surface area contributed by atoms with Gasteiger partial charge in [0.25, 0.3) is 0 Å². The lowest BCUT2D eigenvalue weighted by atomic mass is 10.3. The molecule has 1 heterocycles. The van der Waals surface area contributed by atoms with Crippen LogP contribution in [0.5, 0.6) is 5.75 Å². The fraction of sp³-hybridized carbons (Fsp3) is 0.385. The largest absolute Gasteiger partial charge is 0.492 e. The molecule has 116 valence electrons. The van der Waals surface area contributed by atoms with Gasteiger partial charge in [0.15, 0.2) is 5.82 Å². The van der Waals surface area contributed by atoms with E-state index in [9.17, 15) is 0 Å². The Morgan fingerprint density at radius 1 is 1.43 bits per heavy atom. The quantitative estimate of drug-likeness (QED) is 0.836. The van der Waals surface area contributed by atoms with E-state index in [1.54, 1.807) is 6.07 Å². The van der Waals surface area contributed by atoms with E-state index in [-0.39, 0.29) is 19.0 Å². The molecule has 2 rings (SSSR count). The van der Waals surface area contributed by atoms with Gasteiger partial charge in [-0.05, 0) is 25.2 Å². The molecule has 0 aliphatic heterocycles. The second-order valence-corrected chi connectivity index (χ2v) is 4.79. The highest BCUT2D eigenvalue weighted by Crippen LogP contribution is 2.16. The van der Waals surface area contributed by atoms with Crippen molar-refractivity contribution in [3.63, 3.8) is 0 Å². The van der Waals surface area contributed by atoms with Crippen molar-refractivity contribution in [2.75, 3.05) is 20.2 Å². The minimum absolute atomic E-state index is 0. The van der Waals surface area contributed by atoms with Gasteiger partial charge in [-0.2, -0.15) is 4.98 Å². The van der Waals surface area contributed by atoms with Crippen LogP contribution in [0, 0.1) is 0 Å². The van der Waals surface area contributed by atoms with Crippen LogP contribution in [0.2, 0.25) is 5.02 Å². The van der Waals surface area contributed by atoms with Crippen molar-refractivity contribution in [2.45, 2.75) is 13.1 Å². The molecule has 0 aliphatic carbocycles. The Balaban J connectivity index is 0.00000220. The molecule has 0 bridgehead atoms. The normalized spacial score (nSPS) is 10.5. The summed E-state index contributed by atoms with van der Waals surface area (Å²) < 4.78 is 10.6. The van der Waals surface area contributed by atoms with Gasteiger partial charge in [0.05, 0.1) is 13.1 Å². The predicted molar refractivity (Wildman–Crippen MR) is 82.7 cm³/mol. The van der Waals surface area contributed by atoms with E-state index < -0.39 is 0 Å². The van der Waals surface area contributed by atoms with Gasteiger partial charge in [0.1, 0.15) is 12.4 Å². The number of aromatic nitrogens is 2. The van der Waals surface area contributed by atoms with E-state index in [0.29, 0.717) is 29.9 Å². The smallest absolute Gasteiger partial charge is 0.240 e. The highest BCUT2D eigenvalue weighted by Gasteiger charge is 2.07. The summed E-state index contributed by atoms with van der Waals surface area (Å²) in [6.45, 7) is 2.13. The molecule has 0 saturated carbocycles. The Labute approximate surface area is 134 Å². The van der Waals surface area contributed by atoms with Crippen molar-refractivity contribution < 1.29 is 9.26 Å². The molecule has 0 spiro atoms. The van der Waals surface area contributed by atoms with Crippen molar-refractivity contribution in [1.29, 1.82) is 0 Å². The van der Waals surface area contributed by atoms with Gasteiger partial charge in [-0.3, -0.25) is 4.90 Å². The van der Waals surface area contributed by atoms with Crippen molar-refractivity contribution in [2.24, 2.45) is 5.73 Å². The van der Waals surface area contributed by atoms with E-state index in [4.69, 9.17) is 26.6 Å². The number of rotatable bonds is 7. The van der Waals surface area contributed by atoms with Gasteiger partial charge >= 0.3 is 0 Å². The van der Waals surface area contributed by atoms with Crippen molar-refractivity contribution in [3.8, 4) is 5.75 Å². The fourth-order valence-corrected chi connectivity index (χ4v) is 1.81. The lowest BCUT2D eigenvalue weighted by molar-refractivity contribution is 0.227. The molecule has 2 aromatic rings. The third kappa shape index (κ3) is 5.89. The van der Waals surface area contributed by atoms with E-state index in [2.05, 4.69) is 10.1 Å². The standard InChI is InChI=1S/C13H17ClN4O2.ClH/c1-18(9-12-16-13(8-15)20-17-12)5-6-19-11-4-2-3-10(14)7-11;/h2-4,7H,5-6,8-9,15H2,1H3;1H. The van der Waals surface area contributed by atoms with Gasteiger partial charge in [-0.1, -0.05) is 22.8 Å². The number of ether oxygens (including phenoxy) is 1. The second-order valence-electron chi connectivity index (χ2n) is 4.35. The fourth-order valence-electron chi connectivity index (χ4n) is 1.63. The number of hydrogen-bond donors (Lipinski definition) is 1. The van der Waals surface area contributed by atoms with Crippen LogP contribution >= 0.6 is 24.0 Å². The molecule has 0 saturated heterocycles. The predicted octanol–water partition coefficient (Wildman–Crippen LogP) is 2.11. The molecule has 6 nitrogen and oxygen atoms in total. The van der Waals surface area contributed by atoms with Gasteiger partial charge in [-0.25, -0.2) is 0 Å². The van der Waals surface area contributed by atoms with Crippen LogP contribution in [0.3, 0.4) is 0 Å². The number of benzene rings is 1. The summed E-state index contributed by atoms with van der Waals surface area (Å²) in [7, 11) is 1.96. The van der Waals surface area contributed by atoms with Gasteiger partial charge in [0, 0.05) is 11.6 Å². The zero-order valence-corrected chi connectivity index (χ0v) is 13.2. The van der Waals surface area contributed by atoms with Gasteiger partial charge in [-0.15, -0.1) is 12.4 Å². The molecule has 0 unspecified atom stereocenters. The van der Waals surface area contributed by atoms with Crippen LogP contribution < -0.4 is 10.5 Å². The molecule has 2 N–H and O–H groups in total. The van der Waals surface area contributed by atoms with Crippen LogP contribution in [-0.4, -0.2) is 35.2 Å². The zero-order chi connectivity index (χ0) is 14.4. The van der Waals surface area contributed by atoms with Crippen LogP contribution in [0.15, 0.2) is 28.8 Å². The Hall–Kier alpha value is -1.34. The summed E-state index contributed by atoms with van der Waals surface area (Å²) in [6, 6.07) is 7.33. The van der Waals surface area contributed by atoms with Gasteiger partial charge in [0.2, 0.25) is 5.89 Å². The van der Waals surface area contributed by atoms with E-state index in [1.165, 1.54) is 0 Å². The number of hydrogen-bond acceptors (Lipinski definition) is 6. The Kier molecular flexibility index (Phi) is 7.45. The Bertz CT molecular complexity index is 550. The molecule has 0 atom stereocenters. The molecular weight excluding hydrogens is 315 g/mol. The minimum Gasteiger partial charge on any atom is -0.492 e. The topological polar surface area (TPSA) is 77.4 Å². The molecule has 0 fully saturated rings. The van der Waals surface area contributed by atoms with Crippen LogP contribution in [0.25, 0.3) is 0 Å². The molecule has 0 amide bonds. The highest BCUT2D eigenvalue weighted by molar-refractivity contribution is 6.30. The zero-order valence-electron chi connectivity index (χ0n) is 11.7. The molecule has 0 radical (unpaired) electrons. The first-order chi connectivity index (χ1) is 9.67. The first-order valence-corrected chi connectivity index (χ1v) is 6.63. The SMILES string of the molecule is CN(CCOc1cccc(Cl)c1)Cc1noc(CN)n1.Cl. The van der Waals surface area contributed by atoms with Crippen LogP contribution in [0.4, 0.5) is 0 Å². The van der Waals surface area contributed by atoms with Crippen LogP contribution in [0.1, 0.15) is 11.7 Å². The summed E-state index contributed by atoms with van der Waals surface area (Å²) in [5, 5.41) is 4.50. The second kappa shape index (κ2) is 8.84. The van der Waals surface area contributed by atoms with E-state index >= 15 is 0 Å². The lowest BCUT2D eigenvalue weighted by Gasteiger charge is -2.14. The maximum Gasteiger partial charge on any atom is 0.240 e. The molecular formula is C13H18Cl2N4O2. The van der Waals surface area contributed by atoms with Crippen molar-refractivity contribution in [1.82, 2.24) is 15.0 Å². The maximum absolute atomic E-state index is 5.88.